The van der Waals surface area contributed by atoms with Crippen molar-refractivity contribution < 1.29 is 13.7 Å². The van der Waals surface area contributed by atoms with E-state index >= 15 is 0 Å². The van der Waals surface area contributed by atoms with Crippen molar-refractivity contribution in [2.75, 3.05) is 0 Å². The Kier molecular flexibility index (Phi) is 4.05. The van der Waals surface area contributed by atoms with E-state index in [0.29, 0.717) is 22.8 Å². The summed E-state index contributed by atoms with van der Waals surface area (Å²) in [6.07, 6.45) is 0. The molecule has 0 saturated carbocycles. The van der Waals surface area contributed by atoms with Crippen LogP contribution in [0.3, 0.4) is 0 Å². The first-order chi connectivity index (χ1) is 12.6. The van der Waals surface area contributed by atoms with Crippen molar-refractivity contribution in [2.24, 2.45) is 0 Å². The molecular formula is C21H18N2O3. The second kappa shape index (κ2) is 6.52. The van der Waals surface area contributed by atoms with E-state index in [4.69, 9.17) is 8.94 Å². The third-order valence-electron chi connectivity index (χ3n) is 4.14. The first kappa shape index (κ1) is 16.1. The Bertz CT molecular complexity index is 1040. The van der Waals surface area contributed by atoms with Gasteiger partial charge in [0, 0.05) is 17.0 Å². The van der Waals surface area contributed by atoms with Crippen LogP contribution in [0.5, 0.6) is 0 Å². The second-order valence-corrected chi connectivity index (χ2v) is 6.39. The maximum atomic E-state index is 12.3. The predicted octanol–water partition coefficient (Wildman–Crippen LogP) is 4.63. The number of carbonyl (C=O) groups is 1. The fourth-order valence-corrected chi connectivity index (χ4v) is 2.99. The summed E-state index contributed by atoms with van der Waals surface area (Å²) in [4.78, 5) is 12.3. The maximum absolute atomic E-state index is 12.3. The molecule has 1 amide bonds. The third kappa shape index (κ3) is 3.24. The van der Waals surface area contributed by atoms with E-state index in [0.717, 1.165) is 22.1 Å². The third-order valence-corrected chi connectivity index (χ3v) is 4.14. The number of hydrogen-bond donors (Lipinski definition) is 1. The van der Waals surface area contributed by atoms with Gasteiger partial charge < -0.3 is 14.3 Å². The standard InChI is InChI=1S/C21H18N2O3/c1-13-7-14(2)9-16(8-13)21(24)22-12-17-11-20(26-23-17)19-10-15-5-3-4-6-18(15)25-19/h3-11H,12H2,1-2H3,(H,22,24). The second-order valence-electron chi connectivity index (χ2n) is 6.39. The molecule has 0 saturated heterocycles. The number of rotatable bonds is 4. The van der Waals surface area contributed by atoms with Gasteiger partial charge in [0.25, 0.3) is 5.91 Å². The van der Waals surface area contributed by atoms with Gasteiger partial charge in [-0.1, -0.05) is 40.5 Å². The lowest BCUT2D eigenvalue weighted by molar-refractivity contribution is 0.0950. The zero-order valence-corrected chi connectivity index (χ0v) is 14.6. The highest BCUT2D eigenvalue weighted by Crippen LogP contribution is 2.28. The minimum Gasteiger partial charge on any atom is -0.453 e. The van der Waals surface area contributed by atoms with Crippen LogP contribution in [0.15, 0.2) is 63.5 Å². The molecule has 0 spiro atoms. The van der Waals surface area contributed by atoms with Crippen molar-refractivity contribution in [3.05, 3.63) is 77.0 Å². The van der Waals surface area contributed by atoms with Crippen LogP contribution in [-0.4, -0.2) is 11.1 Å². The minimum atomic E-state index is -0.134. The summed E-state index contributed by atoms with van der Waals surface area (Å²) in [7, 11) is 0. The van der Waals surface area contributed by atoms with Crippen LogP contribution < -0.4 is 5.32 Å². The average molecular weight is 346 g/mol. The van der Waals surface area contributed by atoms with Gasteiger partial charge in [0.1, 0.15) is 11.3 Å². The highest BCUT2D eigenvalue weighted by Gasteiger charge is 2.13. The maximum Gasteiger partial charge on any atom is 0.251 e. The van der Waals surface area contributed by atoms with E-state index in [-0.39, 0.29) is 12.5 Å². The molecule has 2 heterocycles. The molecule has 2 aromatic heterocycles. The summed E-state index contributed by atoms with van der Waals surface area (Å²) < 4.78 is 11.1. The molecule has 1 N–H and O–H groups in total. The number of nitrogens with zero attached hydrogens (tertiary/aromatic N) is 1. The van der Waals surface area contributed by atoms with Gasteiger partial charge in [0.2, 0.25) is 5.76 Å². The fourth-order valence-electron chi connectivity index (χ4n) is 2.99. The Labute approximate surface area is 150 Å². The lowest BCUT2D eigenvalue weighted by Crippen LogP contribution is -2.23. The van der Waals surface area contributed by atoms with E-state index in [1.54, 1.807) is 6.07 Å². The number of amides is 1. The first-order valence-electron chi connectivity index (χ1n) is 8.39. The molecule has 5 heteroatoms. The number of benzene rings is 2. The van der Waals surface area contributed by atoms with Crippen LogP contribution in [0.2, 0.25) is 0 Å². The smallest absolute Gasteiger partial charge is 0.251 e. The van der Waals surface area contributed by atoms with E-state index in [1.807, 2.05) is 62.4 Å². The van der Waals surface area contributed by atoms with Crippen molar-refractivity contribution >= 4 is 16.9 Å². The van der Waals surface area contributed by atoms with Crippen LogP contribution in [0.25, 0.3) is 22.5 Å². The first-order valence-corrected chi connectivity index (χ1v) is 8.39. The summed E-state index contributed by atoms with van der Waals surface area (Å²) in [5.41, 5.74) is 4.19. The highest BCUT2D eigenvalue weighted by atomic mass is 16.5. The molecule has 0 radical (unpaired) electrons. The highest BCUT2D eigenvalue weighted by molar-refractivity contribution is 5.94. The van der Waals surface area contributed by atoms with Gasteiger partial charge in [-0.25, -0.2) is 0 Å². The molecule has 0 atom stereocenters. The number of aryl methyl sites for hydroxylation is 2. The van der Waals surface area contributed by atoms with Crippen molar-refractivity contribution in [3.63, 3.8) is 0 Å². The lowest BCUT2D eigenvalue weighted by atomic mass is 10.1. The van der Waals surface area contributed by atoms with Gasteiger partial charge in [0.05, 0.1) is 6.54 Å². The molecule has 4 rings (SSSR count). The molecule has 0 bridgehead atoms. The monoisotopic (exact) mass is 346 g/mol. The SMILES string of the molecule is Cc1cc(C)cc(C(=O)NCc2cc(-c3cc4ccccc4o3)on2)c1. The molecule has 2 aromatic carbocycles. The Hall–Kier alpha value is -3.34. The van der Waals surface area contributed by atoms with E-state index in [9.17, 15) is 4.79 Å². The topological polar surface area (TPSA) is 68.3 Å². The number of furan rings is 1. The van der Waals surface area contributed by atoms with Crippen molar-refractivity contribution in [2.45, 2.75) is 20.4 Å². The Morgan fingerprint density at radius 1 is 1.00 bits per heavy atom. The predicted molar refractivity (Wildman–Crippen MR) is 98.8 cm³/mol. The van der Waals surface area contributed by atoms with Crippen molar-refractivity contribution in [1.29, 1.82) is 0 Å². The summed E-state index contributed by atoms with van der Waals surface area (Å²) in [5.74, 6) is 1.02. The van der Waals surface area contributed by atoms with Crippen molar-refractivity contribution in [3.8, 4) is 11.5 Å². The van der Waals surface area contributed by atoms with E-state index in [2.05, 4.69) is 10.5 Å². The number of fused-ring (bicyclic) bond motifs is 1. The zero-order chi connectivity index (χ0) is 18.1. The van der Waals surface area contributed by atoms with Crippen LogP contribution in [0.1, 0.15) is 27.2 Å². The number of nitrogens with one attached hydrogen (secondary N) is 1. The Balaban J connectivity index is 1.47. The molecular weight excluding hydrogens is 328 g/mol. The van der Waals surface area contributed by atoms with Gasteiger partial charge in [-0.15, -0.1) is 0 Å². The Morgan fingerprint density at radius 2 is 1.77 bits per heavy atom. The summed E-state index contributed by atoms with van der Waals surface area (Å²) >= 11 is 0. The van der Waals surface area contributed by atoms with E-state index in [1.165, 1.54) is 0 Å². The van der Waals surface area contributed by atoms with E-state index < -0.39 is 0 Å². The molecule has 0 aliphatic rings. The number of carbonyl (C=O) groups excluding carboxylic acids is 1. The fraction of sp³-hybridized carbons (Fsp3) is 0.143. The molecule has 0 fully saturated rings. The van der Waals surface area contributed by atoms with Gasteiger partial charge in [-0.05, 0) is 38.1 Å². The summed E-state index contributed by atoms with van der Waals surface area (Å²) in [5, 5.41) is 7.89. The molecule has 0 unspecified atom stereocenters. The lowest BCUT2D eigenvalue weighted by Gasteiger charge is -2.05. The van der Waals surface area contributed by atoms with Crippen molar-refractivity contribution in [1.82, 2.24) is 10.5 Å². The summed E-state index contributed by atoms with van der Waals surface area (Å²) in [6, 6.07) is 17.2. The average Bonchev–Trinajstić information content (AvgIpc) is 3.25. The molecule has 0 aliphatic heterocycles. The minimum absolute atomic E-state index is 0.134. The van der Waals surface area contributed by atoms with Crippen LogP contribution in [-0.2, 0) is 6.54 Å². The summed E-state index contributed by atoms with van der Waals surface area (Å²) in [6.45, 7) is 4.23. The van der Waals surface area contributed by atoms with Gasteiger partial charge in [0.15, 0.2) is 5.76 Å². The molecule has 0 aliphatic carbocycles. The quantitative estimate of drug-likeness (QED) is 0.585. The molecule has 4 aromatic rings. The van der Waals surface area contributed by atoms with Gasteiger partial charge >= 0.3 is 0 Å². The Morgan fingerprint density at radius 3 is 2.54 bits per heavy atom. The molecule has 5 nitrogen and oxygen atoms in total. The van der Waals surface area contributed by atoms with Gasteiger partial charge in [-0.2, -0.15) is 0 Å². The zero-order valence-electron chi connectivity index (χ0n) is 14.6. The number of para-hydroxylation sites is 1. The van der Waals surface area contributed by atoms with Crippen LogP contribution >= 0.6 is 0 Å². The normalized spacial score (nSPS) is 11.0. The largest absolute Gasteiger partial charge is 0.453 e. The number of hydrogen-bond acceptors (Lipinski definition) is 4. The molecule has 130 valence electrons. The molecule has 26 heavy (non-hydrogen) atoms. The van der Waals surface area contributed by atoms with Gasteiger partial charge in [-0.3, -0.25) is 4.79 Å². The van der Waals surface area contributed by atoms with Crippen LogP contribution in [0.4, 0.5) is 0 Å². The van der Waals surface area contributed by atoms with Crippen LogP contribution in [0, 0.1) is 13.8 Å². The number of aromatic nitrogens is 1.